The highest BCUT2D eigenvalue weighted by atomic mass is 16.5. The summed E-state index contributed by atoms with van der Waals surface area (Å²) in [6.45, 7) is 7.77. The van der Waals surface area contributed by atoms with E-state index >= 15 is 0 Å². The number of ether oxygens (including phenoxy) is 1. The van der Waals surface area contributed by atoms with Crippen molar-refractivity contribution in [2.45, 2.75) is 58.5 Å². The molecule has 0 heterocycles. The van der Waals surface area contributed by atoms with Gasteiger partial charge in [-0.05, 0) is 44.4 Å². The van der Waals surface area contributed by atoms with Gasteiger partial charge in [-0.25, -0.2) is 0 Å². The van der Waals surface area contributed by atoms with Gasteiger partial charge in [0.05, 0.1) is 12.2 Å². The molecule has 84 valence electrons. The van der Waals surface area contributed by atoms with Gasteiger partial charge in [0.2, 0.25) is 0 Å². The summed E-state index contributed by atoms with van der Waals surface area (Å²) in [6.07, 6.45) is 5.24. The van der Waals surface area contributed by atoms with E-state index in [0.717, 1.165) is 25.7 Å². The zero-order valence-corrected chi connectivity index (χ0v) is 9.81. The maximum atomic E-state index is 10.3. The second kappa shape index (κ2) is 4.63. The first-order valence-corrected chi connectivity index (χ1v) is 5.78. The van der Waals surface area contributed by atoms with Crippen LogP contribution in [0.4, 0.5) is 0 Å². The van der Waals surface area contributed by atoms with Crippen LogP contribution in [0, 0.1) is 5.41 Å². The van der Waals surface area contributed by atoms with Crippen LogP contribution < -0.4 is 0 Å². The molecule has 1 fully saturated rings. The SMILES string of the molecule is CCOCC1(O)CCCC(C)(C)CC1. The topological polar surface area (TPSA) is 29.5 Å². The standard InChI is InChI=1S/C12H24O2/c1-4-14-10-12(13)7-5-6-11(2,3)8-9-12/h13H,4-10H2,1-3H3. The molecule has 0 saturated heterocycles. The van der Waals surface area contributed by atoms with Crippen LogP contribution in [0.25, 0.3) is 0 Å². The first kappa shape index (κ1) is 12.0. The lowest BCUT2D eigenvalue weighted by Gasteiger charge is -2.27. The molecule has 1 saturated carbocycles. The van der Waals surface area contributed by atoms with Gasteiger partial charge < -0.3 is 9.84 Å². The fraction of sp³-hybridized carbons (Fsp3) is 1.00. The monoisotopic (exact) mass is 200 g/mol. The van der Waals surface area contributed by atoms with E-state index in [9.17, 15) is 5.11 Å². The van der Waals surface area contributed by atoms with E-state index in [1.54, 1.807) is 0 Å². The summed E-state index contributed by atoms with van der Waals surface area (Å²) in [4.78, 5) is 0. The third kappa shape index (κ3) is 3.58. The lowest BCUT2D eigenvalue weighted by Crippen LogP contribution is -2.34. The van der Waals surface area contributed by atoms with Crippen molar-refractivity contribution in [3.63, 3.8) is 0 Å². The second-order valence-electron chi connectivity index (χ2n) is 5.38. The third-order valence-corrected chi connectivity index (χ3v) is 3.34. The molecule has 0 spiro atoms. The molecule has 2 heteroatoms. The van der Waals surface area contributed by atoms with Crippen molar-refractivity contribution in [3.8, 4) is 0 Å². The Bertz CT molecular complexity index is 177. The molecule has 0 bridgehead atoms. The maximum Gasteiger partial charge on any atom is 0.0880 e. The summed E-state index contributed by atoms with van der Waals surface area (Å²) in [6, 6.07) is 0. The zero-order chi connectivity index (χ0) is 10.7. The summed E-state index contributed by atoms with van der Waals surface area (Å²) >= 11 is 0. The summed E-state index contributed by atoms with van der Waals surface area (Å²) < 4.78 is 5.35. The Morgan fingerprint density at radius 3 is 2.50 bits per heavy atom. The van der Waals surface area contributed by atoms with Crippen LogP contribution in [0.2, 0.25) is 0 Å². The lowest BCUT2D eigenvalue weighted by molar-refractivity contribution is -0.0542. The lowest BCUT2D eigenvalue weighted by atomic mass is 9.84. The predicted molar refractivity (Wildman–Crippen MR) is 58.3 cm³/mol. The highest BCUT2D eigenvalue weighted by molar-refractivity contribution is 4.86. The van der Waals surface area contributed by atoms with Crippen molar-refractivity contribution in [1.82, 2.24) is 0 Å². The predicted octanol–water partition coefficient (Wildman–Crippen LogP) is 2.74. The Labute approximate surface area is 87.7 Å². The number of rotatable bonds is 3. The van der Waals surface area contributed by atoms with Crippen LogP contribution in [0.1, 0.15) is 52.9 Å². The Morgan fingerprint density at radius 2 is 1.86 bits per heavy atom. The summed E-state index contributed by atoms with van der Waals surface area (Å²) in [5.74, 6) is 0. The third-order valence-electron chi connectivity index (χ3n) is 3.34. The average molecular weight is 200 g/mol. The van der Waals surface area contributed by atoms with Gasteiger partial charge in [-0.3, -0.25) is 0 Å². The number of aliphatic hydroxyl groups is 1. The van der Waals surface area contributed by atoms with Gasteiger partial charge in [0, 0.05) is 6.61 Å². The van der Waals surface area contributed by atoms with Crippen LogP contribution >= 0.6 is 0 Å². The van der Waals surface area contributed by atoms with Gasteiger partial charge in [-0.2, -0.15) is 0 Å². The minimum atomic E-state index is -0.552. The van der Waals surface area contributed by atoms with Crippen molar-refractivity contribution in [2.75, 3.05) is 13.2 Å². The van der Waals surface area contributed by atoms with Crippen molar-refractivity contribution < 1.29 is 9.84 Å². The number of hydrogen-bond donors (Lipinski definition) is 1. The highest BCUT2D eigenvalue weighted by Crippen LogP contribution is 2.38. The fourth-order valence-electron chi connectivity index (χ4n) is 2.15. The van der Waals surface area contributed by atoms with Crippen LogP contribution in [0.3, 0.4) is 0 Å². The van der Waals surface area contributed by atoms with Crippen LogP contribution in [-0.4, -0.2) is 23.9 Å². The Kier molecular flexibility index (Phi) is 3.96. The van der Waals surface area contributed by atoms with Crippen molar-refractivity contribution >= 4 is 0 Å². The summed E-state index contributed by atoms with van der Waals surface area (Å²) in [5, 5.41) is 10.3. The zero-order valence-electron chi connectivity index (χ0n) is 9.81. The fourth-order valence-corrected chi connectivity index (χ4v) is 2.15. The van der Waals surface area contributed by atoms with Crippen LogP contribution in [-0.2, 0) is 4.74 Å². The summed E-state index contributed by atoms with van der Waals surface area (Å²) in [7, 11) is 0. The van der Waals surface area contributed by atoms with E-state index in [4.69, 9.17) is 4.74 Å². The highest BCUT2D eigenvalue weighted by Gasteiger charge is 2.33. The molecule has 0 radical (unpaired) electrons. The molecule has 1 unspecified atom stereocenters. The van der Waals surface area contributed by atoms with Gasteiger partial charge in [0.15, 0.2) is 0 Å². The molecule has 0 aromatic carbocycles. The van der Waals surface area contributed by atoms with Crippen molar-refractivity contribution in [2.24, 2.45) is 5.41 Å². The van der Waals surface area contributed by atoms with Gasteiger partial charge in [0.1, 0.15) is 0 Å². The van der Waals surface area contributed by atoms with Crippen molar-refractivity contribution in [3.05, 3.63) is 0 Å². The molecular formula is C12H24O2. The van der Waals surface area contributed by atoms with Crippen LogP contribution in [0.15, 0.2) is 0 Å². The van der Waals surface area contributed by atoms with E-state index in [0.29, 0.717) is 18.6 Å². The molecule has 0 aromatic heterocycles. The molecule has 1 N–H and O–H groups in total. The normalized spacial score (nSPS) is 32.6. The average Bonchev–Trinajstić information content (AvgIpc) is 2.24. The van der Waals surface area contributed by atoms with Gasteiger partial charge in [-0.15, -0.1) is 0 Å². The van der Waals surface area contributed by atoms with Gasteiger partial charge in [-0.1, -0.05) is 13.8 Å². The van der Waals surface area contributed by atoms with E-state index in [1.165, 1.54) is 6.42 Å². The molecule has 2 nitrogen and oxygen atoms in total. The smallest absolute Gasteiger partial charge is 0.0880 e. The Hall–Kier alpha value is -0.0800. The minimum Gasteiger partial charge on any atom is -0.387 e. The Balaban J connectivity index is 2.47. The van der Waals surface area contributed by atoms with Gasteiger partial charge in [0.25, 0.3) is 0 Å². The van der Waals surface area contributed by atoms with Crippen LogP contribution in [0.5, 0.6) is 0 Å². The first-order valence-electron chi connectivity index (χ1n) is 5.78. The molecule has 0 amide bonds. The molecular weight excluding hydrogens is 176 g/mol. The summed E-state index contributed by atoms with van der Waals surface area (Å²) in [5.41, 5.74) is -0.152. The molecule has 1 aliphatic carbocycles. The first-order chi connectivity index (χ1) is 6.47. The van der Waals surface area contributed by atoms with Gasteiger partial charge >= 0.3 is 0 Å². The molecule has 1 rings (SSSR count). The Morgan fingerprint density at radius 1 is 1.14 bits per heavy atom. The molecule has 14 heavy (non-hydrogen) atoms. The largest absolute Gasteiger partial charge is 0.387 e. The van der Waals surface area contributed by atoms with Crippen molar-refractivity contribution in [1.29, 1.82) is 0 Å². The number of hydrogen-bond acceptors (Lipinski definition) is 2. The molecule has 0 aromatic rings. The maximum absolute atomic E-state index is 10.3. The molecule has 1 atom stereocenters. The second-order valence-corrected chi connectivity index (χ2v) is 5.38. The van der Waals surface area contributed by atoms with E-state index in [2.05, 4.69) is 13.8 Å². The van der Waals surface area contributed by atoms with E-state index in [1.807, 2.05) is 6.92 Å². The molecule has 0 aliphatic heterocycles. The minimum absolute atomic E-state index is 0.399. The van der Waals surface area contributed by atoms with E-state index < -0.39 is 5.60 Å². The quantitative estimate of drug-likeness (QED) is 0.710. The van der Waals surface area contributed by atoms with E-state index in [-0.39, 0.29) is 0 Å². The molecule has 1 aliphatic rings.